The minimum absolute atomic E-state index is 0.115. The first-order chi connectivity index (χ1) is 19.9. The van der Waals surface area contributed by atoms with Gasteiger partial charge in [0.1, 0.15) is 11.9 Å². The number of hydrogen-bond donors (Lipinski definition) is 3. The van der Waals surface area contributed by atoms with Crippen LogP contribution in [0.5, 0.6) is 0 Å². The molecule has 0 aromatic carbocycles. The van der Waals surface area contributed by atoms with E-state index < -0.39 is 11.9 Å². The number of amides is 2. The highest BCUT2D eigenvalue weighted by Gasteiger charge is 2.38. The number of likely N-dealkylation sites (N-methyl/N-ethyl adjacent to an activating group) is 1. The summed E-state index contributed by atoms with van der Waals surface area (Å²) in [5, 5.41) is 18.5. The number of rotatable bonds is 12. The maximum Gasteiger partial charge on any atom is 0.249 e. The Balaban J connectivity index is 1.64. The standard InChI is InChI=1S/C29H36N8O3S/c1-4-35(5-2)18(3)15-20-19(26(30)39)16-23(34-27(20)36-11-9-24(36)29(40)31-10-13-38)21-17-32-37-12-8-22(33-28(21)37)25-7-6-14-41-25/h6-8,12,14,16-18,24,38H,4-5,9-11,13,15H2,1-3H3,(H2,30,39)(H,31,40)/t18-,24-/m0/s1. The molecule has 0 spiro atoms. The second-order valence-corrected chi connectivity index (χ2v) is 11.1. The molecular weight excluding hydrogens is 540 g/mol. The van der Waals surface area contributed by atoms with E-state index in [-0.39, 0.29) is 25.1 Å². The zero-order valence-electron chi connectivity index (χ0n) is 23.6. The second kappa shape index (κ2) is 12.3. The summed E-state index contributed by atoms with van der Waals surface area (Å²) in [6.07, 6.45) is 4.73. The predicted molar refractivity (Wildman–Crippen MR) is 160 cm³/mol. The average molecular weight is 577 g/mol. The number of primary amides is 1. The summed E-state index contributed by atoms with van der Waals surface area (Å²) in [5.74, 6) is -0.166. The van der Waals surface area contributed by atoms with Crippen LogP contribution in [0.2, 0.25) is 0 Å². The van der Waals surface area contributed by atoms with E-state index in [1.54, 1.807) is 28.1 Å². The summed E-state index contributed by atoms with van der Waals surface area (Å²) < 4.78 is 1.68. The third-order valence-electron chi connectivity index (χ3n) is 7.73. The van der Waals surface area contributed by atoms with Gasteiger partial charge in [-0.2, -0.15) is 5.10 Å². The van der Waals surface area contributed by atoms with E-state index in [2.05, 4.69) is 36.1 Å². The molecule has 11 nitrogen and oxygen atoms in total. The van der Waals surface area contributed by atoms with Crippen molar-refractivity contribution in [2.75, 3.05) is 37.7 Å². The smallest absolute Gasteiger partial charge is 0.249 e. The van der Waals surface area contributed by atoms with Gasteiger partial charge in [0.15, 0.2) is 5.65 Å². The number of hydrogen-bond acceptors (Lipinski definition) is 9. The van der Waals surface area contributed by atoms with Gasteiger partial charge in [0.2, 0.25) is 11.8 Å². The molecule has 1 fully saturated rings. The molecule has 2 amide bonds. The fourth-order valence-corrected chi connectivity index (χ4v) is 6.14. The first kappa shape index (κ1) is 28.7. The van der Waals surface area contributed by atoms with Crippen LogP contribution in [-0.2, 0) is 11.2 Å². The zero-order chi connectivity index (χ0) is 29.1. The Morgan fingerprint density at radius 2 is 2.05 bits per heavy atom. The molecule has 1 aliphatic rings. The van der Waals surface area contributed by atoms with Crippen LogP contribution in [0.3, 0.4) is 0 Å². The molecular formula is C29H36N8O3S. The Kier molecular flexibility index (Phi) is 8.62. The highest BCUT2D eigenvalue weighted by molar-refractivity contribution is 7.13. The van der Waals surface area contributed by atoms with Gasteiger partial charge >= 0.3 is 0 Å². The molecule has 0 aliphatic carbocycles. The molecule has 5 rings (SSSR count). The van der Waals surface area contributed by atoms with Crippen molar-refractivity contribution >= 4 is 34.6 Å². The number of anilines is 1. The number of nitrogens with one attached hydrogen (secondary N) is 1. The van der Waals surface area contributed by atoms with E-state index in [0.29, 0.717) is 47.7 Å². The Morgan fingerprint density at radius 1 is 1.24 bits per heavy atom. The van der Waals surface area contributed by atoms with E-state index in [1.807, 2.05) is 34.7 Å². The Bertz CT molecular complexity index is 1530. The highest BCUT2D eigenvalue weighted by Crippen LogP contribution is 2.36. The van der Waals surface area contributed by atoms with Crippen LogP contribution in [-0.4, -0.2) is 86.3 Å². The molecule has 41 heavy (non-hydrogen) atoms. The van der Waals surface area contributed by atoms with Crippen LogP contribution in [0.25, 0.3) is 27.5 Å². The number of carbonyl (C=O) groups excluding carboxylic acids is 2. The number of pyridine rings is 1. The Morgan fingerprint density at radius 3 is 2.68 bits per heavy atom. The van der Waals surface area contributed by atoms with Gasteiger partial charge in [0.05, 0.1) is 34.6 Å². The number of thiophene rings is 1. The lowest BCUT2D eigenvalue weighted by molar-refractivity contribution is -0.123. The van der Waals surface area contributed by atoms with Crippen molar-refractivity contribution in [1.29, 1.82) is 0 Å². The third kappa shape index (κ3) is 5.67. The molecule has 4 N–H and O–H groups in total. The van der Waals surface area contributed by atoms with Crippen LogP contribution in [0.15, 0.2) is 42.0 Å². The fourth-order valence-electron chi connectivity index (χ4n) is 5.45. The second-order valence-electron chi connectivity index (χ2n) is 10.1. The van der Waals surface area contributed by atoms with Crippen LogP contribution >= 0.6 is 11.3 Å². The van der Waals surface area contributed by atoms with Crippen molar-refractivity contribution in [2.24, 2.45) is 5.73 Å². The normalized spacial score (nSPS) is 15.7. The first-order valence-corrected chi connectivity index (χ1v) is 14.9. The average Bonchev–Trinajstić information content (AvgIpc) is 3.63. The molecule has 216 valence electrons. The van der Waals surface area contributed by atoms with Crippen LogP contribution < -0.4 is 16.0 Å². The van der Waals surface area contributed by atoms with Crippen molar-refractivity contribution in [1.82, 2.24) is 29.8 Å². The summed E-state index contributed by atoms with van der Waals surface area (Å²) >= 11 is 1.60. The number of aromatic nitrogens is 4. The third-order valence-corrected chi connectivity index (χ3v) is 8.62. The largest absolute Gasteiger partial charge is 0.395 e. The summed E-state index contributed by atoms with van der Waals surface area (Å²) in [6, 6.07) is 7.29. The van der Waals surface area contributed by atoms with E-state index in [0.717, 1.165) is 29.2 Å². The monoisotopic (exact) mass is 576 g/mol. The Hall–Kier alpha value is -3.87. The molecule has 1 aliphatic heterocycles. The first-order valence-electron chi connectivity index (χ1n) is 14.0. The van der Waals surface area contributed by atoms with Crippen LogP contribution in [0.4, 0.5) is 5.82 Å². The number of aliphatic hydroxyl groups is 1. The predicted octanol–water partition coefficient (Wildman–Crippen LogP) is 2.58. The minimum atomic E-state index is -0.554. The van der Waals surface area contributed by atoms with Crippen molar-refractivity contribution in [3.8, 4) is 21.8 Å². The summed E-state index contributed by atoms with van der Waals surface area (Å²) in [5.41, 5.74) is 9.70. The van der Waals surface area contributed by atoms with Gasteiger partial charge in [-0.1, -0.05) is 19.9 Å². The molecule has 0 unspecified atom stereocenters. The summed E-state index contributed by atoms with van der Waals surface area (Å²) in [6.45, 7) is 8.71. The van der Waals surface area contributed by atoms with Gasteiger partial charge in [-0.25, -0.2) is 14.5 Å². The van der Waals surface area contributed by atoms with Gasteiger partial charge in [-0.3, -0.25) is 9.59 Å². The SMILES string of the molecule is CCN(CC)[C@@H](C)Cc1c(C(N)=O)cc(-c2cnn3ccc(-c4cccs4)nc23)nc1N1CC[C@H]1C(=O)NCCO. The van der Waals surface area contributed by atoms with Crippen LogP contribution in [0, 0.1) is 0 Å². The van der Waals surface area contributed by atoms with Gasteiger partial charge in [0, 0.05) is 36.5 Å². The maximum atomic E-state index is 13.0. The van der Waals surface area contributed by atoms with E-state index in [4.69, 9.17) is 15.7 Å². The lowest BCUT2D eigenvalue weighted by atomic mass is 9.94. The Labute approximate surface area is 243 Å². The number of carbonyl (C=O) groups is 2. The number of aliphatic hydroxyl groups excluding tert-OH is 1. The summed E-state index contributed by atoms with van der Waals surface area (Å²) in [4.78, 5) is 41.1. The molecule has 0 saturated carbocycles. The van der Waals surface area contributed by atoms with Gasteiger partial charge in [0.25, 0.3) is 0 Å². The molecule has 1 saturated heterocycles. The molecule has 0 radical (unpaired) electrons. The molecule has 0 bridgehead atoms. The molecule has 2 atom stereocenters. The topological polar surface area (TPSA) is 142 Å². The van der Waals surface area contributed by atoms with Crippen molar-refractivity contribution in [3.05, 3.63) is 53.2 Å². The maximum absolute atomic E-state index is 13.0. The van der Waals surface area contributed by atoms with Gasteiger partial charge in [-0.05, 0) is 56.4 Å². The van der Waals surface area contributed by atoms with Gasteiger partial charge in [-0.15, -0.1) is 11.3 Å². The van der Waals surface area contributed by atoms with E-state index >= 15 is 0 Å². The summed E-state index contributed by atoms with van der Waals surface area (Å²) in [7, 11) is 0. The fraction of sp³-hybridized carbons (Fsp3) is 0.414. The van der Waals surface area contributed by atoms with Crippen molar-refractivity contribution in [3.63, 3.8) is 0 Å². The molecule has 4 aromatic rings. The lowest BCUT2D eigenvalue weighted by Gasteiger charge is -2.42. The van der Waals surface area contributed by atoms with Crippen molar-refractivity contribution < 1.29 is 14.7 Å². The van der Waals surface area contributed by atoms with E-state index in [9.17, 15) is 14.7 Å². The number of nitrogens with two attached hydrogens (primary N) is 1. The number of fused-ring (bicyclic) bond motifs is 1. The highest BCUT2D eigenvalue weighted by atomic mass is 32.1. The lowest BCUT2D eigenvalue weighted by Crippen LogP contribution is -2.57. The zero-order valence-corrected chi connectivity index (χ0v) is 24.4. The number of nitrogens with zero attached hydrogens (tertiary/aromatic N) is 6. The quantitative estimate of drug-likeness (QED) is 0.234. The van der Waals surface area contributed by atoms with Crippen LogP contribution in [0.1, 0.15) is 43.1 Å². The van der Waals surface area contributed by atoms with Gasteiger partial charge < -0.3 is 26.0 Å². The van der Waals surface area contributed by atoms with Crippen molar-refractivity contribution in [2.45, 2.75) is 45.7 Å². The molecule has 5 heterocycles. The molecule has 12 heteroatoms. The molecule has 4 aromatic heterocycles. The minimum Gasteiger partial charge on any atom is -0.395 e. The van der Waals surface area contributed by atoms with E-state index in [1.165, 1.54) is 0 Å².